The van der Waals surface area contributed by atoms with Crippen LogP contribution < -0.4 is 4.74 Å². The lowest BCUT2D eigenvalue weighted by atomic mass is 9.95. The van der Waals surface area contributed by atoms with Crippen LogP contribution in [0.15, 0.2) is 84.6 Å². The number of rotatable bonds is 7. The van der Waals surface area contributed by atoms with Crippen molar-refractivity contribution in [1.29, 1.82) is 0 Å². The fourth-order valence-electron chi connectivity index (χ4n) is 4.71. The number of para-hydroxylation sites is 1. The number of benzene rings is 3. The van der Waals surface area contributed by atoms with Crippen molar-refractivity contribution in [2.45, 2.75) is 19.4 Å². The molecule has 0 aliphatic carbocycles. The topological polar surface area (TPSA) is 82.6 Å². The van der Waals surface area contributed by atoms with Crippen LogP contribution in [0.1, 0.15) is 29.7 Å². The van der Waals surface area contributed by atoms with Crippen molar-refractivity contribution in [2.75, 3.05) is 13.2 Å². The normalized spacial score (nSPS) is 17.2. The highest BCUT2D eigenvalue weighted by Crippen LogP contribution is 2.39. The van der Waals surface area contributed by atoms with E-state index in [1.165, 1.54) is 29.2 Å². The Bertz CT molecular complexity index is 1450. The number of halogens is 1. The molecule has 3 aromatic carbocycles. The van der Waals surface area contributed by atoms with Gasteiger partial charge in [-0.25, -0.2) is 4.39 Å². The van der Waals surface area contributed by atoms with Gasteiger partial charge in [-0.1, -0.05) is 30.3 Å². The molecule has 1 aromatic heterocycles. The summed E-state index contributed by atoms with van der Waals surface area (Å²) in [6.07, 6.45) is 2.39. The minimum atomic E-state index is -0.845. The molecule has 2 heterocycles. The fraction of sp³-hybridized carbons (Fsp3) is 0.172. The molecule has 1 fully saturated rings. The number of nitrogens with one attached hydrogen (secondary N) is 1. The zero-order valence-corrected chi connectivity index (χ0v) is 19.7. The van der Waals surface area contributed by atoms with Crippen molar-refractivity contribution in [3.8, 4) is 5.75 Å². The third-order valence-corrected chi connectivity index (χ3v) is 6.46. The molecule has 1 saturated heterocycles. The first kappa shape index (κ1) is 23.4. The number of aromatic nitrogens is 1. The lowest BCUT2D eigenvalue weighted by Gasteiger charge is -2.25. The average Bonchev–Trinajstić information content (AvgIpc) is 3.42. The number of aromatic amines is 1. The SMILES string of the molecule is CCOc1ccc(C(O)=C2C(=O)C(=O)N(CCc3c[nH]c4ccccc34)C2c2ccc(F)cc2)cc1. The van der Waals surface area contributed by atoms with Crippen molar-refractivity contribution >= 4 is 28.4 Å². The van der Waals surface area contributed by atoms with Crippen LogP contribution in [-0.2, 0) is 16.0 Å². The van der Waals surface area contributed by atoms with E-state index in [1.807, 2.05) is 37.4 Å². The van der Waals surface area contributed by atoms with Crippen molar-refractivity contribution in [3.05, 3.63) is 107 Å². The minimum Gasteiger partial charge on any atom is -0.507 e. The van der Waals surface area contributed by atoms with Crippen LogP contribution in [0, 0.1) is 5.82 Å². The van der Waals surface area contributed by atoms with E-state index < -0.39 is 23.5 Å². The monoisotopic (exact) mass is 484 g/mol. The summed E-state index contributed by atoms with van der Waals surface area (Å²) in [5.74, 6) is -1.55. The number of carbonyl (C=O) groups excluding carboxylic acids is 2. The Morgan fingerprint density at radius 2 is 1.75 bits per heavy atom. The van der Waals surface area contributed by atoms with E-state index in [-0.39, 0.29) is 17.9 Å². The molecule has 0 radical (unpaired) electrons. The van der Waals surface area contributed by atoms with Crippen LogP contribution in [0.4, 0.5) is 4.39 Å². The van der Waals surface area contributed by atoms with Gasteiger partial charge in [-0.2, -0.15) is 0 Å². The zero-order valence-electron chi connectivity index (χ0n) is 19.7. The van der Waals surface area contributed by atoms with Gasteiger partial charge in [0, 0.05) is 29.2 Å². The van der Waals surface area contributed by atoms with Crippen LogP contribution in [0.3, 0.4) is 0 Å². The van der Waals surface area contributed by atoms with Crippen molar-refractivity contribution < 1.29 is 23.8 Å². The summed E-state index contributed by atoms with van der Waals surface area (Å²) in [4.78, 5) is 31.1. The van der Waals surface area contributed by atoms with E-state index in [9.17, 15) is 19.1 Å². The molecule has 4 aromatic rings. The molecule has 1 unspecified atom stereocenters. The summed E-state index contributed by atoms with van der Waals surface area (Å²) in [6, 6.07) is 19.3. The van der Waals surface area contributed by atoms with E-state index in [2.05, 4.69) is 4.98 Å². The Morgan fingerprint density at radius 3 is 2.47 bits per heavy atom. The van der Waals surface area contributed by atoms with Gasteiger partial charge >= 0.3 is 0 Å². The molecule has 1 amide bonds. The minimum absolute atomic E-state index is 0.0188. The summed E-state index contributed by atoms with van der Waals surface area (Å²) in [7, 11) is 0. The Balaban J connectivity index is 1.54. The van der Waals surface area contributed by atoms with Crippen LogP contribution in [0.5, 0.6) is 5.75 Å². The van der Waals surface area contributed by atoms with E-state index in [4.69, 9.17) is 4.74 Å². The molecular weight excluding hydrogens is 459 g/mol. The number of aliphatic hydroxyl groups is 1. The quantitative estimate of drug-likeness (QED) is 0.210. The fourth-order valence-corrected chi connectivity index (χ4v) is 4.71. The van der Waals surface area contributed by atoms with Crippen LogP contribution >= 0.6 is 0 Å². The van der Waals surface area contributed by atoms with Crippen LogP contribution in [0.25, 0.3) is 16.7 Å². The number of aliphatic hydroxyl groups excluding tert-OH is 1. The largest absolute Gasteiger partial charge is 0.507 e. The molecule has 0 spiro atoms. The number of carbonyl (C=O) groups is 2. The van der Waals surface area contributed by atoms with Gasteiger partial charge in [-0.05, 0) is 66.9 Å². The molecule has 36 heavy (non-hydrogen) atoms. The maximum absolute atomic E-state index is 13.7. The van der Waals surface area contributed by atoms with Gasteiger partial charge < -0.3 is 19.7 Å². The number of ketones is 1. The Hall–Kier alpha value is -4.39. The van der Waals surface area contributed by atoms with E-state index in [0.29, 0.717) is 29.9 Å². The van der Waals surface area contributed by atoms with E-state index in [1.54, 1.807) is 24.3 Å². The van der Waals surface area contributed by atoms with Gasteiger partial charge in [0.2, 0.25) is 0 Å². The second kappa shape index (κ2) is 9.70. The summed E-state index contributed by atoms with van der Waals surface area (Å²) in [5.41, 5.74) is 2.91. The first-order valence-corrected chi connectivity index (χ1v) is 11.8. The van der Waals surface area contributed by atoms with Crippen molar-refractivity contribution in [2.24, 2.45) is 0 Å². The zero-order chi connectivity index (χ0) is 25.2. The first-order valence-electron chi connectivity index (χ1n) is 11.8. The maximum atomic E-state index is 13.7. The highest BCUT2D eigenvalue weighted by Gasteiger charge is 2.45. The van der Waals surface area contributed by atoms with Gasteiger partial charge in [0.25, 0.3) is 11.7 Å². The molecule has 0 saturated carbocycles. The lowest BCUT2D eigenvalue weighted by Crippen LogP contribution is -2.31. The summed E-state index contributed by atoms with van der Waals surface area (Å²) in [6.45, 7) is 2.61. The molecule has 1 atom stereocenters. The second-order valence-corrected chi connectivity index (χ2v) is 8.61. The molecule has 1 aliphatic rings. The number of fused-ring (bicyclic) bond motifs is 1. The molecular formula is C29H25FN2O4. The number of nitrogens with zero attached hydrogens (tertiary/aromatic N) is 1. The molecule has 182 valence electrons. The smallest absolute Gasteiger partial charge is 0.295 e. The van der Waals surface area contributed by atoms with Crippen LogP contribution in [-0.4, -0.2) is 39.8 Å². The third kappa shape index (κ3) is 4.24. The highest BCUT2D eigenvalue weighted by atomic mass is 19.1. The van der Waals surface area contributed by atoms with Gasteiger partial charge in [0.1, 0.15) is 17.3 Å². The first-order chi connectivity index (χ1) is 17.5. The van der Waals surface area contributed by atoms with Gasteiger partial charge in [-0.3, -0.25) is 9.59 Å². The third-order valence-electron chi connectivity index (χ3n) is 6.46. The van der Waals surface area contributed by atoms with E-state index >= 15 is 0 Å². The predicted molar refractivity (Wildman–Crippen MR) is 135 cm³/mol. The number of ether oxygens (including phenoxy) is 1. The molecule has 1 aliphatic heterocycles. The standard InChI is InChI=1S/C29H25FN2O4/c1-2-36-22-13-9-19(10-14-22)27(33)25-26(18-7-11-21(30)12-8-18)32(29(35)28(25)34)16-15-20-17-31-24-6-4-3-5-23(20)24/h3-14,17,26,31,33H,2,15-16H2,1H3. The Morgan fingerprint density at radius 1 is 1.03 bits per heavy atom. The number of amides is 1. The molecule has 5 rings (SSSR count). The number of likely N-dealkylation sites (tertiary alicyclic amines) is 1. The highest BCUT2D eigenvalue weighted by molar-refractivity contribution is 6.46. The summed E-state index contributed by atoms with van der Waals surface area (Å²) in [5, 5.41) is 12.2. The summed E-state index contributed by atoms with van der Waals surface area (Å²) >= 11 is 0. The number of H-pyrrole nitrogens is 1. The number of hydrogen-bond donors (Lipinski definition) is 2. The maximum Gasteiger partial charge on any atom is 0.295 e. The van der Waals surface area contributed by atoms with Gasteiger partial charge in [0.05, 0.1) is 18.2 Å². The average molecular weight is 485 g/mol. The molecule has 7 heteroatoms. The van der Waals surface area contributed by atoms with Gasteiger partial charge in [0.15, 0.2) is 0 Å². The van der Waals surface area contributed by atoms with E-state index in [0.717, 1.165) is 16.5 Å². The summed E-state index contributed by atoms with van der Waals surface area (Å²) < 4.78 is 19.2. The number of hydrogen-bond acceptors (Lipinski definition) is 4. The van der Waals surface area contributed by atoms with Crippen molar-refractivity contribution in [3.63, 3.8) is 0 Å². The molecule has 2 N–H and O–H groups in total. The molecule has 6 nitrogen and oxygen atoms in total. The molecule has 0 bridgehead atoms. The van der Waals surface area contributed by atoms with Crippen LogP contribution in [0.2, 0.25) is 0 Å². The van der Waals surface area contributed by atoms with Gasteiger partial charge in [-0.15, -0.1) is 0 Å². The Kier molecular flexibility index (Phi) is 6.29. The van der Waals surface area contributed by atoms with Crippen molar-refractivity contribution in [1.82, 2.24) is 9.88 Å². The Labute approximate surface area is 207 Å². The number of Topliss-reactive ketones (excluding diaryl/α,β-unsaturated/α-hetero) is 1. The second-order valence-electron chi connectivity index (χ2n) is 8.61. The predicted octanol–water partition coefficient (Wildman–Crippen LogP) is 5.37. The lowest BCUT2D eigenvalue weighted by molar-refractivity contribution is -0.139.